The van der Waals surface area contributed by atoms with E-state index in [-0.39, 0.29) is 6.61 Å². The van der Waals surface area contributed by atoms with E-state index in [2.05, 4.69) is 10.3 Å². The van der Waals surface area contributed by atoms with Crippen molar-refractivity contribution in [1.29, 1.82) is 0 Å². The van der Waals surface area contributed by atoms with Gasteiger partial charge in [-0.15, -0.1) is 0 Å². The highest BCUT2D eigenvalue weighted by molar-refractivity contribution is 5.31. The van der Waals surface area contributed by atoms with Crippen LogP contribution in [-0.2, 0) is 13.2 Å². The zero-order valence-corrected chi connectivity index (χ0v) is 10.3. The second kappa shape index (κ2) is 6.14. The van der Waals surface area contributed by atoms with Crippen molar-refractivity contribution in [2.24, 2.45) is 0 Å². The van der Waals surface area contributed by atoms with Crippen molar-refractivity contribution in [1.82, 2.24) is 10.3 Å². The molecule has 0 radical (unpaired) electrons. The maximum absolute atomic E-state index is 9.05. The smallest absolute Gasteiger partial charge is 0.219 e. The van der Waals surface area contributed by atoms with Crippen LogP contribution in [0, 0.1) is 0 Å². The third-order valence-electron chi connectivity index (χ3n) is 2.48. The number of nitrogens with one attached hydrogen (secondary N) is 1. The maximum Gasteiger partial charge on any atom is 0.219 e. The Hall–Kier alpha value is -1.91. The normalized spacial score (nSPS) is 10.3. The number of ether oxygens (including phenoxy) is 1. The molecule has 1 aromatic carbocycles. The van der Waals surface area contributed by atoms with Crippen LogP contribution in [0.1, 0.15) is 11.1 Å². The largest absolute Gasteiger partial charge is 0.439 e. The predicted octanol–water partition coefficient (Wildman–Crippen LogP) is 2.09. The van der Waals surface area contributed by atoms with Crippen LogP contribution in [0.15, 0.2) is 42.6 Å². The molecule has 0 unspecified atom stereocenters. The van der Waals surface area contributed by atoms with Gasteiger partial charge < -0.3 is 15.2 Å². The summed E-state index contributed by atoms with van der Waals surface area (Å²) in [5.41, 5.74) is 1.92. The predicted molar refractivity (Wildman–Crippen MR) is 69.4 cm³/mol. The Morgan fingerprint density at radius 3 is 2.78 bits per heavy atom. The first-order valence-corrected chi connectivity index (χ1v) is 5.79. The summed E-state index contributed by atoms with van der Waals surface area (Å²) >= 11 is 0. The lowest BCUT2D eigenvalue weighted by atomic mass is 10.2. The zero-order valence-electron chi connectivity index (χ0n) is 10.3. The molecule has 0 aliphatic carbocycles. The molecule has 2 aromatic rings. The third kappa shape index (κ3) is 3.29. The summed E-state index contributed by atoms with van der Waals surface area (Å²) in [6.07, 6.45) is 1.78. The van der Waals surface area contributed by atoms with Gasteiger partial charge in [-0.1, -0.05) is 18.2 Å². The number of aliphatic hydroxyl groups excluding tert-OH is 1. The van der Waals surface area contributed by atoms with Gasteiger partial charge in [0.05, 0.1) is 6.61 Å². The van der Waals surface area contributed by atoms with E-state index in [0.29, 0.717) is 11.6 Å². The van der Waals surface area contributed by atoms with Gasteiger partial charge in [0, 0.05) is 18.8 Å². The van der Waals surface area contributed by atoms with Crippen molar-refractivity contribution in [3.05, 3.63) is 53.7 Å². The molecule has 0 aliphatic rings. The van der Waals surface area contributed by atoms with E-state index in [9.17, 15) is 0 Å². The first kappa shape index (κ1) is 12.5. The SMILES string of the molecule is CNCc1ccc(Oc2cccc(CO)c2)nc1. The lowest BCUT2D eigenvalue weighted by Gasteiger charge is -2.06. The Bertz CT molecular complexity index is 497. The van der Waals surface area contributed by atoms with Crippen molar-refractivity contribution in [2.75, 3.05) is 7.05 Å². The highest BCUT2D eigenvalue weighted by Gasteiger charge is 2.00. The Morgan fingerprint density at radius 1 is 1.22 bits per heavy atom. The minimum Gasteiger partial charge on any atom is -0.439 e. The molecule has 2 N–H and O–H groups in total. The third-order valence-corrected chi connectivity index (χ3v) is 2.48. The fraction of sp³-hybridized carbons (Fsp3) is 0.214. The Balaban J connectivity index is 2.08. The Kier molecular flexibility index (Phi) is 4.28. The Labute approximate surface area is 106 Å². The summed E-state index contributed by atoms with van der Waals surface area (Å²) < 4.78 is 5.61. The quantitative estimate of drug-likeness (QED) is 0.845. The van der Waals surface area contributed by atoms with E-state index in [1.54, 1.807) is 12.3 Å². The molecule has 0 atom stereocenters. The van der Waals surface area contributed by atoms with Crippen molar-refractivity contribution in [2.45, 2.75) is 13.2 Å². The highest BCUT2D eigenvalue weighted by atomic mass is 16.5. The topological polar surface area (TPSA) is 54.4 Å². The van der Waals surface area contributed by atoms with E-state index in [1.165, 1.54) is 0 Å². The molecule has 0 fully saturated rings. The standard InChI is InChI=1S/C14H16N2O2/c1-15-8-12-5-6-14(16-9-12)18-13-4-2-3-11(7-13)10-17/h2-7,9,15,17H,8,10H2,1H3. The van der Waals surface area contributed by atoms with E-state index < -0.39 is 0 Å². The van der Waals surface area contributed by atoms with E-state index >= 15 is 0 Å². The molecule has 0 amide bonds. The van der Waals surface area contributed by atoms with Crippen LogP contribution < -0.4 is 10.1 Å². The minimum atomic E-state index is 0.00569. The number of nitrogens with zero attached hydrogens (tertiary/aromatic N) is 1. The molecule has 2 rings (SSSR count). The summed E-state index contributed by atoms with van der Waals surface area (Å²) in [5, 5.41) is 12.1. The first-order chi connectivity index (χ1) is 8.81. The molecule has 4 heteroatoms. The van der Waals surface area contributed by atoms with Crippen molar-refractivity contribution in [3.63, 3.8) is 0 Å². The average Bonchev–Trinajstić information content (AvgIpc) is 2.42. The summed E-state index contributed by atoms with van der Waals surface area (Å²) in [4.78, 5) is 4.22. The summed E-state index contributed by atoms with van der Waals surface area (Å²) in [6, 6.07) is 11.1. The fourth-order valence-electron chi connectivity index (χ4n) is 1.61. The van der Waals surface area contributed by atoms with Gasteiger partial charge in [-0.25, -0.2) is 4.98 Å². The van der Waals surface area contributed by atoms with Gasteiger partial charge in [0.15, 0.2) is 0 Å². The number of hydrogen-bond donors (Lipinski definition) is 2. The van der Waals surface area contributed by atoms with Crippen molar-refractivity contribution >= 4 is 0 Å². The lowest BCUT2D eigenvalue weighted by Crippen LogP contribution is -2.05. The van der Waals surface area contributed by atoms with E-state index in [0.717, 1.165) is 17.7 Å². The molecule has 1 heterocycles. The maximum atomic E-state index is 9.05. The first-order valence-electron chi connectivity index (χ1n) is 5.79. The highest BCUT2D eigenvalue weighted by Crippen LogP contribution is 2.20. The monoisotopic (exact) mass is 244 g/mol. The van der Waals surface area contributed by atoms with Gasteiger partial charge in [-0.3, -0.25) is 0 Å². The van der Waals surface area contributed by atoms with Gasteiger partial charge in [0.25, 0.3) is 0 Å². The van der Waals surface area contributed by atoms with Crippen LogP contribution >= 0.6 is 0 Å². The van der Waals surface area contributed by atoms with Crippen LogP contribution in [0.5, 0.6) is 11.6 Å². The van der Waals surface area contributed by atoms with Crippen LogP contribution in [0.4, 0.5) is 0 Å². The molecule has 0 saturated heterocycles. The molecule has 18 heavy (non-hydrogen) atoms. The molecule has 0 spiro atoms. The van der Waals surface area contributed by atoms with E-state index in [4.69, 9.17) is 9.84 Å². The molecule has 0 aliphatic heterocycles. The molecular weight excluding hydrogens is 228 g/mol. The molecule has 1 aromatic heterocycles. The summed E-state index contributed by atoms with van der Waals surface area (Å²) in [5.74, 6) is 1.22. The number of aliphatic hydroxyl groups is 1. The minimum absolute atomic E-state index is 0.00569. The number of hydrogen-bond acceptors (Lipinski definition) is 4. The number of rotatable bonds is 5. The van der Waals surface area contributed by atoms with Crippen molar-refractivity contribution in [3.8, 4) is 11.6 Å². The lowest BCUT2D eigenvalue weighted by molar-refractivity contribution is 0.281. The van der Waals surface area contributed by atoms with E-state index in [1.807, 2.05) is 37.4 Å². The van der Waals surface area contributed by atoms with Gasteiger partial charge in [-0.05, 0) is 30.3 Å². The second-order valence-corrected chi connectivity index (χ2v) is 3.94. The number of benzene rings is 1. The number of aromatic nitrogens is 1. The van der Waals surface area contributed by atoms with Crippen LogP contribution in [0.2, 0.25) is 0 Å². The molecule has 0 saturated carbocycles. The van der Waals surface area contributed by atoms with Gasteiger partial charge in [0.2, 0.25) is 5.88 Å². The summed E-state index contributed by atoms with van der Waals surface area (Å²) in [6.45, 7) is 0.791. The zero-order chi connectivity index (χ0) is 12.8. The van der Waals surface area contributed by atoms with Crippen LogP contribution in [0.3, 0.4) is 0 Å². The van der Waals surface area contributed by atoms with Crippen LogP contribution in [-0.4, -0.2) is 17.1 Å². The average molecular weight is 244 g/mol. The molecule has 94 valence electrons. The number of pyridine rings is 1. The molecule has 0 bridgehead atoms. The van der Waals surface area contributed by atoms with Crippen LogP contribution in [0.25, 0.3) is 0 Å². The molecule has 4 nitrogen and oxygen atoms in total. The summed E-state index contributed by atoms with van der Waals surface area (Å²) in [7, 11) is 1.89. The molecular formula is C14H16N2O2. The second-order valence-electron chi connectivity index (χ2n) is 3.94. The van der Waals surface area contributed by atoms with Gasteiger partial charge in [0.1, 0.15) is 5.75 Å². The van der Waals surface area contributed by atoms with Crippen molar-refractivity contribution < 1.29 is 9.84 Å². The fourth-order valence-corrected chi connectivity index (χ4v) is 1.61. The Morgan fingerprint density at radius 2 is 2.11 bits per heavy atom. The van der Waals surface area contributed by atoms with Gasteiger partial charge in [-0.2, -0.15) is 0 Å². The van der Waals surface area contributed by atoms with Gasteiger partial charge >= 0.3 is 0 Å².